The Morgan fingerprint density at radius 3 is 2.53 bits per heavy atom. The molecule has 2 N–H and O–H groups in total. The van der Waals surface area contributed by atoms with Crippen molar-refractivity contribution in [1.29, 1.82) is 5.26 Å². The van der Waals surface area contributed by atoms with E-state index in [-0.39, 0.29) is 17.0 Å². The van der Waals surface area contributed by atoms with E-state index in [0.717, 1.165) is 11.3 Å². The lowest BCUT2D eigenvalue weighted by atomic mass is 9.83. The second-order valence-electron chi connectivity index (χ2n) is 7.45. The summed E-state index contributed by atoms with van der Waals surface area (Å²) < 4.78 is 18.4. The molecule has 162 valence electrons. The SMILES string of the molecule is COc1cccc([C@@H]2C(C#N)=C(N)Oc3cc(C)n(Cc4ccccc4)c(=O)c32)c1OC. The van der Waals surface area contributed by atoms with Crippen LogP contribution in [-0.4, -0.2) is 18.8 Å². The molecule has 0 radical (unpaired) electrons. The fourth-order valence-electron chi connectivity index (χ4n) is 4.10. The van der Waals surface area contributed by atoms with E-state index in [1.54, 1.807) is 28.8 Å². The number of fused-ring (bicyclic) bond motifs is 1. The number of hydrogen-bond donors (Lipinski definition) is 1. The molecule has 7 nitrogen and oxygen atoms in total. The van der Waals surface area contributed by atoms with E-state index >= 15 is 0 Å². The Morgan fingerprint density at radius 1 is 1.12 bits per heavy atom. The Balaban J connectivity index is 1.98. The summed E-state index contributed by atoms with van der Waals surface area (Å²) in [7, 11) is 3.05. The Morgan fingerprint density at radius 2 is 1.88 bits per heavy atom. The largest absolute Gasteiger partial charge is 0.493 e. The fourth-order valence-corrected chi connectivity index (χ4v) is 4.10. The van der Waals surface area contributed by atoms with Gasteiger partial charge in [0.05, 0.1) is 32.2 Å². The number of aromatic nitrogens is 1. The van der Waals surface area contributed by atoms with E-state index in [0.29, 0.717) is 34.9 Å². The van der Waals surface area contributed by atoms with Crippen molar-refractivity contribution < 1.29 is 14.2 Å². The molecule has 3 aromatic rings. The van der Waals surface area contributed by atoms with E-state index < -0.39 is 5.92 Å². The number of hydrogen-bond acceptors (Lipinski definition) is 6. The van der Waals surface area contributed by atoms with Crippen LogP contribution in [0, 0.1) is 18.3 Å². The molecule has 2 aromatic carbocycles. The molecule has 0 fully saturated rings. The molecule has 1 aliphatic rings. The first-order chi connectivity index (χ1) is 15.5. The summed E-state index contributed by atoms with van der Waals surface area (Å²) >= 11 is 0. The van der Waals surface area contributed by atoms with Gasteiger partial charge in [-0.25, -0.2) is 0 Å². The molecule has 1 aliphatic heterocycles. The predicted molar refractivity (Wildman–Crippen MR) is 120 cm³/mol. The van der Waals surface area contributed by atoms with Gasteiger partial charge in [-0.2, -0.15) is 5.26 Å². The van der Waals surface area contributed by atoms with Crippen LogP contribution in [0.1, 0.15) is 28.3 Å². The number of allylic oxidation sites excluding steroid dienone is 1. The van der Waals surface area contributed by atoms with Crippen molar-refractivity contribution >= 4 is 0 Å². The summed E-state index contributed by atoms with van der Waals surface area (Å²) in [5.74, 6) is 0.468. The minimum absolute atomic E-state index is 0.0329. The third-order valence-corrected chi connectivity index (χ3v) is 5.62. The van der Waals surface area contributed by atoms with Gasteiger partial charge in [-0.1, -0.05) is 42.5 Å². The molecular formula is C25H23N3O4. The molecule has 0 bridgehead atoms. The summed E-state index contributed by atoms with van der Waals surface area (Å²) in [6, 6.07) is 19.0. The highest BCUT2D eigenvalue weighted by molar-refractivity contribution is 5.60. The van der Waals surface area contributed by atoms with Crippen molar-refractivity contribution in [3.05, 3.63) is 98.8 Å². The molecule has 0 aliphatic carbocycles. The number of rotatable bonds is 5. The van der Waals surface area contributed by atoms with Gasteiger partial charge in [0.1, 0.15) is 17.4 Å². The van der Waals surface area contributed by atoms with Gasteiger partial charge in [0.25, 0.3) is 5.56 Å². The Labute approximate surface area is 185 Å². The molecule has 0 saturated carbocycles. The summed E-state index contributed by atoms with van der Waals surface area (Å²) in [6.07, 6.45) is 0. The van der Waals surface area contributed by atoms with Gasteiger partial charge in [0.15, 0.2) is 11.5 Å². The standard InChI is InChI=1S/C25H23N3O4/c1-15-12-20-22(25(29)28(15)14-16-8-5-4-6-9-16)21(18(13-26)24(27)32-20)17-10-7-11-19(30-2)23(17)31-3/h4-12,21H,14,27H2,1-3H3/t21-/m1/s1. The third kappa shape index (κ3) is 3.46. The lowest BCUT2D eigenvalue weighted by molar-refractivity contribution is 0.348. The van der Waals surface area contributed by atoms with Gasteiger partial charge >= 0.3 is 0 Å². The second-order valence-corrected chi connectivity index (χ2v) is 7.45. The fraction of sp³-hybridized carbons (Fsp3) is 0.200. The molecule has 1 atom stereocenters. The van der Waals surface area contributed by atoms with Gasteiger partial charge in [-0.15, -0.1) is 0 Å². The molecule has 7 heteroatoms. The van der Waals surface area contributed by atoms with Crippen LogP contribution in [0.25, 0.3) is 0 Å². The number of methoxy groups -OCH3 is 2. The number of ether oxygens (including phenoxy) is 3. The molecule has 0 amide bonds. The minimum Gasteiger partial charge on any atom is -0.493 e. The van der Waals surface area contributed by atoms with Crippen LogP contribution in [0.3, 0.4) is 0 Å². The Hall–Kier alpha value is -4.18. The van der Waals surface area contributed by atoms with Gasteiger partial charge < -0.3 is 24.5 Å². The van der Waals surface area contributed by atoms with E-state index in [2.05, 4.69) is 6.07 Å². The molecular weight excluding hydrogens is 406 g/mol. The lowest BCUT2D eigenvalue weighted by Crippen LogP contribution is -2.33. The molecule has 4 rings (SSSR count). The van der Waals surface area contributed by atoms with E-state index in [1.165, 1.54) is 14.2 Å². The van der Waals surface area contributed by atoms with Crippen molar-refractivity contribution in [3.63, 3.8) is 0 Å². The molecule has 0 spiro atoms. The number of para-hydroxylation sites is 1. The quantitative estimate of drug-likeness (QED) is 0.667. The van der Waals surface area contributed by atoms with Crippen LogP contribution in [0.5, 0.6) is 17.2 Å². The smallest absolute Gasteiger partial charge is 0.259 e. The Bertz CT molecular complexity index is 1300. The second kappa shape index (κ2) is 8.52. The highest BCUT2D eigenvalue weighted by Gasteiger charge is 2.36. The summed E-state index contributed by atoms with van der Waals surface area (Å²) in [5, 5.41) is 9.91. The van der Waals surface area contributed by atoms with Crippen molar-refractivity contribution in [1.82, 2.24) is 4.57 Å². The van der Waals surface area contributed by atoms with Crippen molar-refractivity contribution in [2.45, 2.75) is 19.4 Å². The van der Waals surface area contributed by atoms with Crippen molar-refractivity contribution in [2.24, 2.45) is 5.73 Å². The maximum absolute atomic E-state index is 13.8. The number of nitriles is 1. The number of benzene rings is 2. The number of aryl methyl sites for hydroxylation is 1. The summed E-state index contributed by atoms with van der Waals surface area (Å²) in [4.78, 5) is 13.8. The van der Waals surface area contributed by atoms with Crippen molar-refractivity contribution in [2.75, 3.05) is 14.2 Å². The maximum atomic E-state index is 13.8. The van der Waals surface area contributed by atoms with E-state index in [1.807, 2.05) is 37.3 Å². The van der Waals surface area contributed by atoms with Crippen LogP contribution < -0.4 is 25.5 Å². The molecule has 32 heavy (non-hydrogen) atoms. The van der Waals surface area contributed by atoms with Crippen LogP contribution >= 0.6 is 0 Å². The summed E-state index contributed by atoms with van der Waals surface area (Å²) in [6.45, 7) is 2.23. The first-order valence-corrected chi connectivity index (χ1v) is 10.1. The zero-order valence-electron chi connectivity index (χ0n) is 18.1. The van der Waals surface area contributed by atoms with Gasteiger partial charge in [-0.05, 0) is 18.6 Å². The molecule has 1 aromatic heterocycles. The maximum Gasteiger partial charge on any atom is 0.259 e. The highest BCUT2D eigenvalue weighted by atomic mass is 16.5. The first kappa shape index (κ1) is 21.1. The minimum atomic E-state index is -0.760. The molecule has 0 unspecified atom stereocenters. The van der Waals surface area contributed by atoms with Crippen LogP contribution in [0.2, 0.25) is 0 Å². The molecule has 2 heterocycles. The van der Waals surface area contributed by atoms with Crippen LogP contribution in [0.15, 0.2) is 70.8 Å². The normalized spacial score (nSPS) is 14.9. The van der Waals surface area contributed by atoms with Crippen LogP contribution in [0.4, 0.5) is 0 Å². The lowest BCUT2D eigenvalue weighted by Gasteiger charge is -2.28. The number of pyridine rings is 1. The van der Waals surface area contributed by atoms with Gasteiger partial charge in [0.2, 0.25) is 5.88 Å². The van der Waals surface area contributed by atoms with Gasteiger partial charge in [0, 0.05) is 17.3 Å². The molecule has 0 saturated heterocycles. The Kier molecular flexibility index (Phi) is 5.61. The zero-order valence-corrected chi connectivity index (χ0v) is 18.1. The summed E-state index contributed by atoms with van der Waals surface area (Å²) in [5.41, 5.74) is 8.66. The average molecular weight is 429 g/mol. The monoisotopic (exact) mass is 429 g/mol. The number of nitrogens with two attached hydrogens (primary N) is 1. The van der Waals surface area contributed by atoms with E-state index in [4.69, 9.17) is 19.9 Å². The van der Waals surface area contributed by atoms with E-state index in [9.17, 15) is 10.1 Å². The first-order valence-electron chi connectivity index (χ1n) is 10.1. The zero-order chi connectivity index (χ0) is 22.8. The van der Waals surface area contributed by atoms with Crippen molar-refractivity contribution in [3.8, 4) is 23.3 Å². The van der Waals surface area contributed by atoms with Crippen LogP contribution in [-0.2, 0) is 6.54 Å². The highest BCUT2D eigenvalue weighted by Crippen LogP contribution is 2.46. The van der Waals surface area contributed by atoms with Gasteiger partial charge in [-0.3, -0.25) is 4.79 Å². The number of nitrogens with zero attached hydrogens (tertiary/aromatic N) is 2. The predicted octanol–water partition coefficient (Wildman–Crippen LogP) is 3.44. The average Bonchev–Trinajstić information content (AvgIpc) is 2.81. The topological polar surface area (TPSA) is 99.5 Å². The third-order valence-electron chi connectivity index (χ3n) is 5.62.